The Morgan fingerprint density at radius 3 is 2.58 bits per heavy atom. The maximum Gasteiger partial charge on any atom is 0.0890 e. The van der Waals surface area contributed by atoms with Crippen LogP contribution in [0.1, 0.15) is 25.3 Å². The molecule has 0 spiro atoms. The van der Waals surface area contributed by atoms with Crippen LogP contribution in [0.5, 0.6) is 0 Å². The molecular formula is C15H22N4. The lowest BCUT2D eigenvalue weighted by atomic mass is 10.2. The van der Waals surface area contributed by atoms with Gasteiger partial charge in [0.15, 0.2) is 0 Å². The van der Waals surface area contributed by atoms with Crippen molar-refractivity contribution in [2.24, 2.45) is 0 Å². The van der Waals surface area contributed by atoms with Gasteiger partial charge in [0.2, 0.25) is 0 Å². The molecule has 0 fully saturated rings. The van der Waals surface area contributed by atoms with Crippen LogP contribution in [0.15, 0.2) is 30.6 Å². The molecule has 19 heavy (non-hydrogen) atoms. The third-order valence-corrected chi connectivity index (χ3v) is 3.00. The zero-order valence-corrected chi connectivity index (χ0v) is 11.5. The van der Waals surface area contributed by atoms with Crippen molar-refractivity contribution in [3.05, 3.63) is 36.2 Å². The molecular weight excluding hydrogens is 236 g/mol. The maximum atomic E-state index is 4.32. The third-order valence-electron chi connectivity index (χ3n) is 3.00. The highest BCUT2D eigenvalue weighted by Gasteiger charge is 1.97. The molecule has 1 heterocycles. The lowest BCUT2D eigenvalue weighted by molar-refractivity contribution is 0.592. The molecule has 0 saturated heterocycles. The number of nitrogens with one attached hydrogen (secondary N) is 2. The quantitative estimate of drug-likeness (QED) is 0.712. The maximum absolute atomic E-state index is 4.32. The van der Waals surface area contributed by atoms with Gasteiger partial charge in [-0.25, -0.2) is 0 Å². The molecule has 0 atom stereocenters. The van der Waals surface area contributed by atoms with Crippen LogP contribution in [0.4, 0.5) is 0 Å². The van der Waals surface area contributed by atoms with E-state index in [1.807, 2.05) is 6.07 Å². The highest BCUT2D eigenvalue weighted by molar-refractivity contribution is 5.74. The van der Waals surface area contributed by atoms with E-state index in [9.17, 15) is 0 Å². The molecule has 0 aliphatic carbocycles. The van der Waals surface area contributed by atoms with E-state index in [0.29, 0.717) is 0 Å². The van der Waals surface area contributed by atoms with Gasteiger partial charge >= 0.3 is 0 Å². The molecule has 2 rings (SSSR count). The van der Waals surface area contributed by atoms with Gasteiger partial charge in [-0.1, -0.05) is 13.0 Å². The largest absolute Gasteiger partial charge is 0.317 e. The third kappa shape index (κ3) is 4.58. The summed E-state index contributed by atoms with van der Waals surface area (Å²) in [6.07, 6.45) is 5.82. The van der Waals surface area contributed by atoms with Gasteiger partial charge in [-0.2, -0.15) is 0 Å². The minimum absolute atomic E-state index is 0.889. The minimum atomic E-state index is 0.889. The summed E-state index contributed by atoms with van der Waals surface area (Å²) in [4.78, 5) is 8.59. The van der Waals surface area contributed by atoms with Gasteiger partial charge in [-0.05, 0) is 50.2 Å². The smallest absolute Gasteiger partial charge is 0.0890 e. The van der Waals surface area contributed by atoms with E-state index in [0.717, 1.165) is 43.6 Å². The zero-order valence-electron chi connectivity index (χ0n) is 11.5. The Morgan fingerprint density at radius 2 is 1.74 bits per heavy atom. The van der Waals surface area contributed by atoms with Crippen LogP contribution in [0, 0.1) is 0 Å². The van der Waals surface area contributed by atoms with Crippen molar-refractivity contribution in [1.82, 2.24) is 20.6 Å². The molecule has 0 bridgehead atoms. The van der Waals surface area contributed by atoms with Crippen LogP contribution in [-0.2, 0) is 6.54 Å². The second-order valence-electron chi connectivity index (χ2n) is 4.66. The first-order chi connectivity index (χ1) is 9.40. The van der Waals surface area contributed by atoms with Crippen molar-refractivity contribution < 1.29 is 0 Å². The number of nitrogens with zero attached hydrogens (tertiary/aromatic N) is 2. The Kier molecular flexibility index (Phi) is 5.72. The molecule has 1 aromatic heterocycles. The number of benzene rings is 1. The van der Waals surface area contributed by atoms with Crippen molar-refractivity contribution in [3.8, 4) is 0 Å². The lowest BCUT2D eigenvalue weighted by Crippen LogP contribution is -2.22. The van der Waals surface area contributed by atoms with Gasteiger partial charge in [-0.15, -0.1) is 0 Å². The lowest BCUT2D eigenvalue weighted by Gasteiger charge is -2.06. The van der Waals surface area contributed by atoms with Crippen LogP contribution in [0.2, 0.25) is 0 Å². The fourth-order valence-electron chi connectivity index (χ4n) is 1.99. The molecule has 4 nitrogen and oxygen atoms in total. The monoisotopic (exact) mass is 258 g/mol. The molecule has 0 radical (unpaired) electrons. The minimum Gasteiger partial charge on any atom is -0.317 e. The first kappa shape index (κ1) is 13.9. The fourth-order valence-corrected chi connectivity index (χ4v) is 1.99. The Bertz CT molecular complexity index is 498. The molecule has 2 aromatic rings. The molecule has 0 aliphatic rings. The number of fused-ring (bicyclic) bond motifs is 1. The molecule has 0 saturated carbocycles. The fraction of sp³-hybridized carbons (Fsp3) is 0.467. The summed E-state index contributed by atoms with van der Waals surface area (Å²) in [5.74, 6) is 0. The SMILES string of the molecule is CCCNCCCNCc1ccc2nccnc2c1. The summed E-state index contributed by atoms with van der Waals surface area (Å²) in [5, 5.41) is 6.85. The van der Waals surface area contributed by atoms with Gasteiger partial charge in [0.25, 0.3) is 0 Å². The first-order valence-corrected chi connectivity index (χ1v) is 7.01. The second-order valence-corrected chi connectivity index (χ2v) is 4.66. The van der Waals surface area contributed by atoms with Gasteiger partial charge in [0.1, 0.15) is 0 Å². The van der Waals surface area contributed by atoms with Crippen molar-refractivity contribution in [2.75, 3.05) is 19.6 Å². The summed E-state index contributed by atoms with van der Waals surface area (Å²) in [7, 11) is 0. The van der Waals surface area contributed by atoms with E-state index in [1.54, 1.807) is 12.4 Å². The van der Waals surface area contributed by atoms with E-state index in [-0.39, 0.29) is 0 Å². The molecule has 1 aromatic carbocycles. The van der Waals surface area contributed by atoms with Crippen molar-refractivity contribution in [2.45, 2.75) is 26.3 Å². The summed E-state index contributed by atoms with van der Waals surface area (Å²) >= 11 is 0. The molecule has 4 heteroatoms. The molecule has 102 valence electrons. The highest BCUT2D eigenvalue weighted by Crippen LogP contribution is 2.10. The van der Waals surface area contributed by atoms with Crippen LogP contribution >= 0.6 is 0 Å². The number of hydrogen-bond donors (Lipinski definition) is 2. The van der Waals surface area contributed by atoms with E-state index in [1.165, 1.54) is 12.0 Å². The second kappa shape index (κ2) is 7.81. The summed E-state index contributed by atoms with van der Waals surface area (Å²) in [5.41, 5.74) is 3.18. The van der Waals surface area contributed by atoms with E-state index in [4.69, 9.17) is 0 Å². The van der Waals surface area contributed by atoms with E-state index in [2.05, 4.69) is 39.7 Å². The van der Waals surface area contributed by atoms with Gasteiger partial charge in [-0.3, -0.25) is 9.97 Å². The summed E-state index contributed by atoms with van der Waals surface area (Å²) in [6, 6.07) is 6.24. The Balaban J connectivity index is 1.72. The standard InChI is InChI=1S/C15H22N4/c1-2-6-16-7-3-8-17-12-13-4-5-14-15(11-13)19-10-9-18-14/h4-5,9-11,16-17H,2-3,6-8,12H2,1H3. The molecule has 0 aliphatic heterocycles. The Hall–Kier alpha value is -1.52. The molecule has 0 unspecified atom stereocenters. The summed E-state index contributed by atoms with van der Waals surface area (Å²) < 4.78 is 0. The highest BCUT2D eigenvalue weighted by atomic mass is 14.9. The average molecular weight is 258 g/mol. The van der Waals surface area contributed by atoms with Crippen LogP contribution in [0.25, 0.3) is 11.0 Å². The topological polar surface area (TPSA) is 49.8 Å². The molecule has 0 amide bonds. The van der Waals surface area contributed by atoms with Gasteiger partial charge in [0.05, 0.1) is 11.0 Å². The van der Waals surface area contributed by atoms with Gasteiger partial charge < -0.3 is 10.6 Å². The van der Waals surface area contributed by atoms with Crippen LogP contribution < -0.4 is 10.6 Å². The Labute approximate surface area is 114 Å². The Morgan fingerprint density at radius 1 is 0.947 bits per heavy atom. The van der Waals surface area contributed by atoms with Crippen molar-refractivity contribution >= 4 is 11.0 Å². The van der Waals surface area contributed by atoms with Crippen LogP contribution in [-0.4, -0.2) is 29.6 Å². The predicted molar refractivity (Wildman–Crippen MR) is 79.0 cm³/mol. The number of rotatable bonds is 8. The first-order valence-electron chi connectivity index (χ1n) is 7.01. The summed E-state index contributed by atoms with van der Waals surface area (Å²) in [6.45, 7) is 6.32. The average Bonchev–Trinajstić information content (AvgIpc) is 2.46. The van der Waals surface area contributed by atoms with Gasteiger partial charge in [0, 0.05) is 18.9 Å². The zero-order chi connectivity index (χ0) is 13.3. The van der Waals surface area contributed by atoms with E-state index < -0.39 is 0 Å². The predicted octanol–water partition coefficient (Wildman–Crippen LogP) is 2.11. The number of hydrogen-bond acceptors (Lipinski definition) is 4. The molecule has 2 N–H and O–H groups in total. The number of aromatic nitrogens is 2. The normalized spacial score (nSPS) is 11.0. The van der Waals surface area contributed by atoms with Crippen molar-refractivity contribution in [1.29, 1.82) is 0 Å². The van der Waals surface area contributed by atoms with E-state index >= 15 is 0 Å². The van der Waals surface area contributed by atoms with Crippen LogP contribution in [0.3, 0.4) is 0 Å². The van der Waals surface area contributed by atoms with Crippen molar-refractivity contribution in [3.63, 3.8) is 0 Å².